The number of carbonyl (C=O) groups is 2. The minimum atomic E-state index is -0.988. The zero-order valence-electron chi connectivity index (χ0n) is 16.6. The number of hydrogen-bond acceptors (Lipinski definition) is 3. The van der Waals surface area contributed by atoms with Crippen LogP contribution in [-0.4, -0.2) is 34.1 Å². The summed E-state index contributed by atoms with van der Waals surface area (Å²) in [5.41, 5.74) is 4.39. The SMILES string of the molecule is CCc1cc(C(=O)O)c(Cl)c2cc[nH]c12.COC(=O)c1cc(C)c2[nH]ccc2c1Cl. The number of carboxylic acids is 1. The number of nitrogens with one attached hydrogen (secondary N) is 2. The lowest BCUT2D eigenvalue weighted by Gasteiger charge is -2.05. The molecule has 8 heteroatoms. The summed E-state index contributed by atoms with van der Waals surface area (Å²) in [7, 11) is 1.34. The predicted octanol–water partition coefficient (Wildman–Crippen LogP) is 6.00. The third kappa shape index (κ3) is 3.88. The standard InChI is InChI=1S/2C11H10ClNO2/c1-6-5-8(11(14)15-2)9(12)7-3-4-13-10(6)7;1-2-6-5-8(11(14)15)9(12)7-3-4-13-10(6)7/h3-5,13H,1-2H3;3-5,13H,2H2,1H3,(H,14,15). The van der Waals surface area contributed by atoms with Crippen molar-refractivity contribution in [2.45, 2.75) is 20.3 Å². The maximum absolute atomic E-state index is 11.4. The summed E-state index contributed by atoms with van der Waals surface area (Å²) in [5, 5.41) is 11.3. The Morgan fingerprint density at radius 2 is 1.57 bits per heavy atom. The molecule has 0 aliphatic rings. The zero-order chi connectivity index (χ0) is 22.0. The van der Waals surface area contributed by atoms with Crippen molar-refractivity contribution in [1.82, 2.24) is 9.97 Å². The summed E-state index contributed by atoms with van der Waals surface area (Å²) in [4.78, 5) is 28.5. The van der Waals surface area contributed by atoms with E-state index in [1.54, 1.807) is 30.6 Å². The monoisotopic (exact) mass is 446 g/mol. The van der Waals surface area contributed by atoms with E-state index in [-0.39, 0.29) is 5.56 Å². The van der Waals surface area contributed by atoms with Gasteiger partial charge in [-0.2, -0.15) is 0 Å². The van der Waals surface area contributed by atoms with Gasteiger partial charge in [-0.1, -0.05) is 30.1 Å². The molecule has 156 valence electrons. The van der Waals surface area contributed by atoms with Gasteiger partial charge in [0.1, 0.15) is 0 Å². The van der Waals surface area contributed by atoms with Crippen molar-refractivity contribution in [2.75, 3.05) is 7.11 Å². The van der Waals surface area contributed by atoms with Crippen LogP contribution in [0.3, 0.4) is 0 Å². The normalized spacial score (nSPS) is 10.7. The highest BCUT2D eigenvalue weighted by Crippen LogP contribution is 2.31. The molecule has 0 fully saturated rings. The largest absolute Gasteiger partial charge is 0.478 e. The number of hydrogen-bond donors (Lipinski definition) is 3. The Bertz CT molecular complexity index is 1260. The second kappa shape index (κ2) is 8.81. The van der Waals surface area contributed by atoms with Crippen molar-refractivity contribution in [3.05, 3.63) is 69.0 Å². The quantitative estimate of drug-likeness (QED) is 0.336. The van der Waals surface area contributed by atoms with Crippen molar-refractivity contribution in [2.24, 2.45) is 0 Å². The Kier molecular flexibility index (Phi) is 6.39. The summed E-state index contributed by atoms with van der Waals surface area (Å²) in [6.07, 6.45) is 4.33. The molecule has 0 atom stereocenters. The highest BCUT2D eigenvalue weighted by atomic mass is 35.5. The highest BCUT2D eigenvalue weighted by Gasteiger charge is 2.16. The third-order valence-corrected chi connectivity index (χ3v) is 5.67. The van der Waals surface area contributed by atoms with Crippen molar-refractivity contribution in [3.8, 4) is 0 Å². The van der Waals surface area contributed by atoms with E-state index < -0.39 is 11.9 Å². The zero-order valence-corrected chi connectivity index (χ0v) is 18.1. The lowest BCUT2D eigenvalue weighted by molar-refractivity contribution is 0.0600. The summed E-state index contributed by atoms with van der Waals surface area (Å²) in [5.74, 6) is -1.40. The lowest BCUT2D eigenvalue weighted by Crippen LogP contribution is -2.02. The number of methoxy groups -OCH3 is 1. The van der Waals surface area contributed by atoms with E-state index in [0.29, 0.717) is 15.6 Å². The number of H-pyrrole nitrogens is 2. The first-order valence-corrected chi connectivity index (χ1v) is 9.91. The van der Waals surface area contributed by atoms with E-state index in [1.165, 1.54) is 7.11 Å². The molecule has 3 N–H and O–H groups in total. The van der Waals surface area contributed by atoms with Crippen LogP contribution < -0.4 is 0 Å². The van der Waals surface area contributed by atoms with E-state index in [9.17, 15) is 9.59 Å². The number of fused-ring (bicyclic) bond motifs is 2. The van der Waals surface area contributed by atoms with Crippen LogP contribution in [-0.2, 0) is 11.2 Å². The first kappa shape index (κ1) is 21.7. The van der Waals surface area contributed by atoms with Crippen LogP contribution in [0.25, 0.3) is 21.8 Å². The number of esters is 1. The first-order chi connectivity index (χ1) is 14.3. The first-order valence-electron chi connectivity index (χ1n) is 9.16. The number of aromatic amines is 2. The molecule has 2 heterocycles. The molecule has 0 unspecified atom stereocenters. The molecule has 4 rings (SSSR count). The fraction of sp³-hybridized carbons (Fsp3) is 0.182. The molecule has 0 aliphatic heterocycles. The van der Waals surface area contributed by atoms with Crippen molar-refractivity contribution in [1.29, 1.82) is 0 Å². The fourth-order valence-corrected chi connectivity index (χ4v) is 3.92. The van der Waals surface area contributed by atoms with Gasteiger partial charge in [-0.3, -0.25) is 0 Å². The molecule has 2 aromatic heterocycles. The van der Waals surface area contributed by atoms with E-state index in [4.69, 9.17) is 28.3 Å². The average Bonchev–Trinajstić information content (AvgIpc) is 3.41. The lowest BCUT2D eigenvalue weighted by atomic mass is 10.0. The molecule has 2 aromatic carbocycles. The Labute approximate surface area is 182 Å². The maximum Gasteiger partial charge on any atom is 0.339 e. The molecule has 0 bridgehead atoms. The summed E-state index contributed by atoms with van der Waals surface area (Å²) < 4.78 is 4.66. The van der Waals surface area contributed by atoms with Gasteiger partial charge in [-0.15, -0.1) is 0 Å². The smallest absolute Gasteiger partial charge is 0.339 e. The van der Waals surface area contributed by atoms with Crippen LogP contribution in [0.5, 0.6) is 0 Å². The second-order valence-electron chi connectivity index (χ2n) is 6.64. The molecule has 6 nitrogen and oxygen atoms in total. The Morgan fingerprint density at radius 3 is 2.13 bits per heavy atom. The predicted molar refractivity (Wildman–Crippen MR) is 119 cm³/mol. The molecular weight excluding hydrogens is 427 g/mol. The molecule has 0 spiro atoms. The van der Waals surface area contributed by atoms with Gasteiger partial charge in [0.15, 0.2) is 0 Å². The number of halogens is 2. The van der Waals surface area contributed by atoms with Crippen LogP contribution >= 0.6 is 23.2 Å². The average molecular weight is 447 g/mol. The fourth-order valence-electron chi connectivity index (χ4n) is 3.34. The third-order valence-electron chi connectivity index (χ3n) is 4.85. The van der Waals surface area contributed by atoms with Crippen LogP contribution in [0.4, 0.5) is 0 Å². The van der Waals surface area contributed by atoms with Crippen molar-refractivity contribution >= 4 is 56.9 Å². The number of aromatic nitrogens is 2. The van der Waals surface area contributed by atoms with Crippen LogP contribution in [0.1, 0.15) is 38.8 Å². The summed E-state index contributed by atoms with van der Waals surface area (Å²) in [6.45, 7) is 3.90. The second-order valence-corrected chi connectivity index (χ2v) is 7.39. The van der Waals surface area contributed by atoms with Gasteiger partial charge < -0.3 is 19.8 Å². The Balaban J connectivity index is 0.000000171. The minimum absolute atomic E-state index is 0.167. The van der Waals surface area contributed by atoms with Crippen LogP contribution in [0.2, 0.25) is 10.0 Å². The van der Waals surface area contributed by atoms with E-state index >= 15 is 0 Å². The maximum atomic E-state index is 11.4. The number of rotatable bonds is 3. The molecule has 4 aromatic rings. The Hall–Kier alpha value is -2.96. The van der Waals surface area contributed by atoms with Gasteiger partial charge in [0.2, 0.25) is 0 Å². The van der Waals surface area contributed by atoms with Gasteiger partial charge in [0.25, 0.3) is 0 Å². The van der Waals surface area contributed by atoms with Gasteiger partial charge in [0, 0.05) is 28.7 Å². The molecule has 0 aliphatic carbocycles. The van der Waals surface area contributed by atoms with Crippen LogP contribution in [0.15, 0.2) is 36.7 Å². The van der Waals surface area contributed by atoms with Gasteiger partial charge >= 0.3 is 11.9 Å². The van der Waals surface area contributed by atoms with E-state index in [2.05, 4.69) is 14.7 Å². The number of carbonyl (C=O) groups excluding carboxylic acids is 1. The van der Waals surface area contributed by atoms with Gasteiger partial charge in [-0.25, -0.2) is 9.59 Å². The topological polar surface area (TPSA) is 95.2 Å². The number of aromatic carboxylic acids is 1. The number of ether oxygens (including phenoxy) is 1. The summed E-state index contributed by atoms with van der Waals surface area (Å²) >= 11 is 12.1. The van der Waals surface area contributed by atoms with Crippen molar-refractivity contribution < 1.29 is 19.4 Å². The molecule has 30 heavy (non-hydrogen) atoms. The molecule has 0 saturated heterocycles. The molecule has 0 radical (unpaired) electrons. The van der Waals surface area contributed by atoms with E-state index in [0.717, 1.165) is 39.4 Å². The van der Waals surface area contributed by atoms with Gasteiger partial charge in [-0.05, 0) is 48.7 Å². The number of aryl methyl sites for hydroxylation is 2. The van der Waals surface area contributed by atoms with Crippen LogP contribution in [0, 0.1) is 6.92 Å². The molecule has 0 amide bonds. The van der Waals surface area contributed by atoms with Crippen molar-refractivity contribution in [3.63, 3.8) is 0 Å². The highest BCUT2D eigenvalue weighted by molar-refractivity contribution is 6.39. The number of carboxylic acid groups (broad SMARTS) is 1. The Morgan fingerprint density at radius 1 is 1.00 bits per heavy atom. The minimum Gasteiger partial charge on any atom is -0.478 e. The van der Waals surface area contributed by atoms with Gasteiger partial charge in [0.05, 0.1) is 33.8 Å². The molecular formula is C22H20Cl2N2O4. The molecule has 0 saturated carbocycles. The van der Waals surface area contributed by atoms with E-state index in [1.807, 2.05) is 19.9 Å². The summed E-state index contributed by atoms with van der Waals surface area (Å²) in [6, 6.07) is 7.00. The number of benzene rings is 2.